The van der Waals surface area contributed by atoms with Crippen LogP contribution in [-0.4, -0.2) is 28.8 Å². The van der Waals surface area contributed by atoms with Gasteiger partial charge in [0.15, 0.2) is 5.65 Å². The molecule has 8 heteroatoms. The Labute approximate surface area is 201 Å². The van der Waals surface area contributed by atoms with E-state index in [4.69, 9.17) is 9.97 Å². The Morgan fingerprint density at radius 2 is 1.82 bits per heavy atom. The number of pyridine rings is 1. The topological polar surface area (TPSA) is 71.2 Å². The number of rotatable bonds is 6. The Kier molecular flexibility index (Phi) is 6.44. The number of nitrogens with zero attached hydrogens (tertiary/aromatic N) is 4. The number of imidazole rings is 1. The first-order valence-electron chi connectivity index (χ1n) is 11.0. The average Bonchev–Trinajstić information content (AvgIpc) is 3.33. The van der Waals surface area contributed by atoms with Gasteiger partial charge in [0.25, 0.3) is 11.3 Å². The maximum atomic E-state index is 12.1. The highest BCUT2D eigenvalue weighted by Gasteiger charge is 2.29. The molecule has 0 saturated carbocycles. The molecule has 0 amide bonds. The summed E-state index contributed by atoms with van der Waals surface area (Å²) < 4.78 is 25.8. The lowest BCUT2D eigenvalue weighted by molar-refractivity contribution is 0.516. The predicted molar refractivity (Wildman–Crippen MR) is 138 cm³/mol. The molecule has 0 bridgehead atoms. The molecule has 6 nitrogen and oxygen atoms in total. The van der Waals surface area contributed by atoms with Gasteiger partial charge in [-0.25, -0.2) is 14.2 Å². The van der Waals surface area contributed by atoms with Crippen LogP contribution in [0.4, 0.5) is 5.00 Å². The minimum atomic E-state index is -2.11. The van der Waals surface area contributed by atoms with E-state index in [9.17, 15) is 8.76 Å². The molecule has 1 unspecified atom stereocenters. The molecule has 0 saturated heterocycles. The lowest BCUT2D eigenvalue weighted by Gasteiger charge is -2.33. The summed E-state index contributed by atoms with van der Waals surface area (Å²) in [7, 11) is 0. The molecule has 1 aromatic carbocycles. The van der Waals surface area contributed by atoms with Gasteiger partial charge in [0.1, 0.15) is 16.3 Å². The van der Waals surface area contributed by atoms with E-state index in [0.717, 1.165) is 56.4 Å². The molecule has 4 rings (SSSR count). The third-order valence-electron chi connectivity index (χ3n) is 5.62. The molecule has 1 N–H and O–H groups in total. The molecule has 3 heterocycles. The zero-order chi connectivity index (χ0) is 23.9. The van der Waals surface area contributed by atoms with Crippen molar-refractivity contribution in [3.63, 3.8) is 0 Å². The highest BCUT2D eigenvalue weighted by molar-refractivity contribution is 7.81. The van der Waals surface area contributed by atoms with Crippen LogP contribution in [0, 0.1) is 13.8 Å². The molecule has 1 atom stereocenters. The first kappa shape index (κ1) is 23.6. The molecule has 0 aliphatic rings. The standard InChI is InChI=1S/C25H30N4O2S2/c1-7-21-27-22-16(2)14-17(3)26-23(22)28(21)15-18-8-10-19(11-9-18)20-12-13-32-24(20)29(33(30)31)25(4,5)6/h8-14H,7,15H2,1-6H3,(H,30,31). The molecule has 0 aliphatic heterocycles. The van der Waals surface area contributed by atoms with Gasteiger partial charge in [0.05, 0.1) is 6.54 Å². The van der Waals surface area contributed by atoms with Gasteiger partial charge >= 0.3 is 0 Å². The highest BCUT2D eigenvalue weighted by atomic mass is 32.2. The number of benzene rings is 1. The lowest BCUT2D eigenvalue weighted by Crippen LogP contribution is -2.42. The maximum Gasteiger partial charge on any atom is 0.263 e. The largest absolute Gasteiger partial charge is 0.308 e. The minimum Gasteiger partial charge on any atom is -0.308 e. The number of hydrogen-bond donors (Lipinski definition) is 1. The molecule has 0 aliphatic carbocycles. The van der Waals surface area contributed by atoms with Crippen molar-refractivity contribution in [2.24, 2.45) is 0 Å². The Morgan fingerprint density at radius 3 is 2.42 bits per heavy atom. The summed E-state index contributed by atoms with van der Waals surface area (Å²) >= 11 is -0.630. The summed E-state index contributed by atoms with van der Waals surface area (Å²) in [6.45, 7) is 12.7. The fraction of sp³-hybridized carbons (Fsp3) is 0.360. The van der Waals surface area contributed by atoms with E-state index in [1.165, 1.54) is 11.3 Å². The smallest absolute Gasteiger partial charge is 0.263 e. The summed E-state index contributed by atoms with van der Waals surface area (Å²) in [5.41, 5.74) is 6.69. The molecule has 4 aromatic rings. The second-order valence-corrected chi connectivity index (χ2v) is 11.0. The molecule has 174 valence electrons. The van der Waals surface area contributed by atoms with Gasteiger partial charge in [0.2, 0.25) is 0 Å². The van der Waals surface area contributed by atoms with E-state index < -0.39 is 16.8 Å². The number of hydrogen-bond acceptors (Lipinski definition) is 4. The summed E-state index contributed by atoms with van der Waals surface area (Å²) in [4.78, 5) is 9.61. The third-order valence-corrected chi connectivity index (χ3v) is 7.67. The van der Waals surface area contributed by atoms with Crippen LogP contribution in [0.15, 0.2) is 41.8 Å². The zero-order valence-corrected chi connectivity index (χ0v) is 21.5. The van der Waals surface area contributed by atoms with Gasteiger partial charge in [-0.3, -0.25) is 8.86 Å². The fourth-order valence-electron chi connectivity index (χ4n) is 4.14. The van der Waals surface area contributed by atoms with Crippen molar-refractivity contribution < 1.29 is 8.76 Å². The first-order valence-corrected chi connectivity index (χ1v) is 13.0. The SMILES string of the molecule is CCc1nc2c(C)cc(C)nc2n1Cc1ccc(-c2ccsc2N(S(=O)O)C(C)(C)C)cc1. The molecule has 33 heavy (non-hydrogen) atoms. The van der Waals surface area contributed by atoms with Crippen LogP contribution in [-0.2, 0) is 24.2 Å². The van der Waals surface area contributed by atoms with Gasteiger partial charge in [-0.05, 0) is 68.8 Å². The monoisotopic (exact) mass is 482 g/mol. The van der Waals surface area contributed by atoms with Crippen molar-refractivity contribution in [2.75, 3.05) is 4.31 Å². The van der Waals surface area contributed by atoms with Crippen LogP contribution >= 0.6 is 11.3 Å². The predicted octanol–water partition coefficient (Wildman–Crippen LogP) is 6.13. The molecule has 0 spiro atoms. The highest BCUT2D eigenvalue weighted by Crippen LogP contribution is 2.40. The Bertz CT molecular complexity index is 1320. The van der Waals surface area contributed by atoms with Gasteiger partial charge in [-0.1, -0.05) is 31.2 Å². The van der Waals surface area contributed by atoms with E-state index in [0.29, 0.717) is 6.54 Å². The number of aryl methyl sites for hydroxylation is 3. The summed E-state index contributed by atoms with van der Waals surface area (Å²) in [6, 6.07) is 12.5. The van der Waals surface area contributed by atoms with Crippen LogP contribution in [0.5, 0.6) is 0 Å². The number of aromatic nitrogens is 3. The van der Waals surface area contributed by atoms with E-state index in [1.807, 2.05) is 39.1 Å². The van der Waals surface area contributed by atoms with Crippen molar-refractivity contribution in [2.45, 2.75) is 60.0 Å². The van der Waals surface area contributed by atoms with Crippen molar-refractivity contribution in [1.82, 2.24) is 14.5 Å². The molecule has 3 aromatic heterocycles. The number of fused-ring (bicyclic) bond motifs is 1. The van der Waals surface area contributed by atoms with E-state index in [1.54, 1.807) is 4.31 Å². The molecule has 0 radical (unpaired) electrons. The second-order valence-electron chi connectivity index (χ2n) is 9.25. The lowest BCUT2D eigenvalue weighted by atomic mass is 10.0. The van der Waals surface area contributed by atoms with Gasteiger partial charge in [0, 0.05) is 23.2 Å². The normalized spacial score (nSPS) is 12.9. The number of anilines is 1. The Balaban J connectivity index is 1.68. The average molecular weight is 483 g/mol. The molecular weight excluding hydrogens is 452 g/mol. The quantitative estimate of drug-likeness (QED) is 0.336. The fourth-order valence-corrected chi connectivity index (χ4v) is 6.19. The third kappa shape index (κ3) is 4.60. The van der Waals surface area contributed by atoms with E-state index >= 15 is 0 Å². The van der Waals surface area contributed by atoms with Crippen molar-refractivity contribution >= 4 is 38.8 Å². The van der Waals surface area contributed by atoms with Gasteiger partial charge in [-0.2, -0.15) is 0 Å². The van der Waals surface area contributed by atoms with Crippen LogP contribution in [0.1, 0.15) is 50.3 Å². The van der Waals surface area contributed by atoms with Crippen LogP contribution < -0.4 is 4.31 Å². The summed E-state index contributed by atoms with van der Waals surface area (Å²) in [5, 5.41) is 2.76. The molecule has 0 fully saturated rings. The van der Waals surface area contributed by atoms with Crippen molar-refractivity contribution in [1.29, 1.82) is 0 Å². The second kappa shape index (κ2) is 9.00. The van der Waals surface area contributed by atoms with E-state index in [-0.39, 0.29) is 0 Å². The Hall–Kier alpha value is -2.55. The molecular formula is C25H30N4O2S2. The Morgan fingerprint density at radius 1 is 1.12 bits per heavy atom. The summed E-state index contributed by atoms with van der Waals surface area (Å²) in [6.07, 6.45) is 0.839. The van der Waals surface area contributed by atoms with Gasteiger partial charge in [-0.15, -0.1) is 11.3 Å². The van der Waals surface area contributed by atoms with Gasteiger partial charge < -0.3 is 4.57 Å². The van der Waals surface area contributed by atoms with Crippen LogP contribution in [0.25, 0.3) is 22.3 Å². The maximum absolute atomic E-state index is 12.1. The van der Waals surface area contributed by atoms with E-state index in [2.05, 4.69) is 48.7 Å². The van der Waals surface area contributed by atoms with Crippen LogP contribution in [0.2, 0.25) is 0 Å². The van der Waals surface area contributed by atoms with Crippen molar-refractivity contribution in [3.8, 4) is 11.1 Å². The zero-order valence-electron chi connectivity index (χ0n) is 19.9. The minimum absolute atomic E-state index is 0.485. The van der Waals surface area contributed by atoms with Crippen molar-refractivity contribution in [3.05, 3.63) is 64.4 Å². The summed E-state index contributed by atoms with van der Waals surface area (Å²) in [5.74, 6) is 1.03. The number of thiophene rings is 1. The first-order chi connectivity index (χ1) is 15.6. The van der Waals surface area contributed by atoms with Crippen LogP contribution in [0.3, 0.4) is 0 Å².